The number of hydrogen-bond donors (Lipinski definition) is 3. The lowest BCUT2D eigenvalue weighted by molar-refractivity contribution is -0.174. The predicted octanol–water partition coefficient (Wildman–Crippen LogP) is 1.35. The number of anilines is 2. The molecule has 11 heteroatoms. The molecule has 1 heterocycles. The first-order chi connectivity index (χ1) is 13.4. The third-order valence-corrected chi connectivity index (χ3v) is 4.09. The number of halogens is 3. The van der Waals surface area contributed by atoms with Crippen LogP contribution in [0.15, 0.2) is 35.3 Å². The summed E-state index contributed by atoms with van der Waals surface area (Å²) in [6.07, 6.45) is -3.99. The number of benzene rings is 1. The molecule has 156 valence electrons. The van der Waals surface area contributed by atoms with Crippen LogP contribution < -0.4 is 22.3 Å². The summed E-state index contributed by atoms with van der Waals surface area (Å²) in [6, 6.07) is 4.45. The maximum absolute atomic E-state index is 12.8. The van der Waals surface area contributed by atoms with Gasteiger partial charge >= 0.3 is 6.18 Å². The number of nitrogen functional groups attached to an aromatic ring is 2. The van der Waals surface area contributed by atoms with Gasteiger partial charge in [-0.25, -0.2) is 4.98 Å². The van der Waals surface area contributed by atoms with Crippen molar-refractivity contribution in [3.05, 3.63) is 40.8 Å². The number of hydrogen-bond acceptors (Lipinski definition) is 6. The van der Waals surface area contributed by atoms with E-state index in [1.807, 2.05) is 5.32 Å². The lowest BCUT2D eigenvalue weighted by Gasteiger charge is -2.22. The Morgan fingerprint density at radius 1 is 1.17 bits per heavy atom. The van der Waals surface area contributed by atoms with Crippen LogP contribution in [0.1, 0.15) is 13.8 Å². The maximum atomic E-state index is 12.8. The molecule has 1 amide bonds. The maximum Gasteiger partial charge on any atom is 0.452 e. The molecular weight excluding hydrogens is 391 g/mol. The first-order valence-electron chi connectivity index (χ1n) is 8.53. The van der Waals surface area contributed by atoms with Crippen LogP contribution in [0.5, 0.6) is 0 Å². The molecule has 0 aliphatic carbocycles. The van der Waals surface area contributed by atoms with Crippen LogP contribution in [-0.4, -0.2) is 33.5 Å². The molecule has 1 atom stereocenters. The normalized spacial score (nSPS) is 12.6. The van der Waals surface area contributed by atoms with Crippen LogP contribution in [0.2, 0.25) is 0 Å². The summed E-state index contributed by atoms with van der Waals surface area (Å²) in [7, 11) is 0. The molecule has 2 aromatic rings. The second kappa shape index (κ2) is 8.33. The molecule has 2 rings (SSSR count). The Balaban J connectivity index is 2.36. The Hall–Kier alpha value is -3.37. The molecule has 1 aromatic heterocycles. The number of nitrogens with two attached hydrogens (primary N) is 2. The topological polar surface area (TPSA) is 133 Å². The minimum Gasteiger partial charge on any atom is -0.399 e. The third kappa shape index (κ3) is 5.12. The number of aromatic nitrogens is 2. The summed E-state index contributed by atoms with van der Waals surface area (Å²) in [6.45, 7) is 2.05. The van der Waals surface area contributed by atoms with Crippen LogP contribution in [0.4, 0.5) is 24.5 Å². The molecule has 0 spiro atoms. The van der Waals surface area contributed by atoms with Crippen molar-refractivity contribution >= 4 is 23.1 Å². The fraction of sp³-hybridized carbons (Fsp3) is 0.333. The highest BCUT2D eigenvalue weighted by Crippen LogP contribution is 2.21. The summed E-state index contributed by atoms with van der Waals surface area (Å²) < 4.78 is 39.3. The Morgan fingerprint density at radius 3 is 2.28 bits per heavy atom. The Morgan fingerprint density at radius 2 is 1.76 bits per heavy atom. The van der Waals surface area contributed by atoms with Crippen LogP contribution >= 0.6 is 0 Å². The number of carbonyl (C=O) groups excluding carboxylic acids is 2. The summed E-state index contributed by atoms with van der Waals surface area (Å²) >= 11 is 0. The van der Waals surface area contributed by atoms with E-state index in [4.69, 9.17) is 11.5 Å². The van der Waals surface area contributed by atoms with Crippen LogP contribution in [0, 0.1) is 5.92 Å². The van der Waals surface area contributed by atoms with Gasteiger partial charge in [-0.05, 0) is 30.2 Å². The number of ketones is 1. The smallest absolute Gasteiger partial charge is 0.399 e. The van der Waals surface area contributed by atoms with Gasteiger partial charge in [-0.2, -0.15) is 13.2 Å². The number of amides is 1. The van der Waals surface area contributed by atoms with Crippen LogP contribution in [0.25, 0.3) is 11.4 Å². The van der Waals surface area contributed by atoms with Gasteiger partial charge in [0, 0.05) is 11.3 Å². The van der Waals surface area contributed by atoms with Crippen molar-refractivity contribution in [2.24, 2.45) is 5.92 Å². The van der Waals surface area contributed by atoms with Gasteiger partial charge in [-0.3, -0.25) is 19.0 Å². The number of Topliss-reactive ketones (excluding diaryl/α,β-unsaturated/α-hetero) is 1. The molecule has 0 saturated carbocycles. The van der Waals surface area contributed by atoms with E-state index in [1.54, 1.807) is 24.3 Å². The first kappa shape index (κ1) is 21.9. The van der Waals surface area contributed by atoms with Gasteiger partial charge in [-0.15, -0.1) is 0 Å². The average Bonchev–Trinajstić information content (AvgIpc) is 2.63. The fourth-order valence-corrected chi connectivity index (χ4v) is 2.59. The Bertz CT molecular complexity index is 968. The molecule has 0 bridgehead atoms. The van der Waals surface area contributed by atoms with Crippen molar-refractivity contribution in [3.63, 3.8) is 0 Å². The number of nitrogens with one attached hydrogen (secondary N) is 1. The molecule has 8 nitrogen and oxygen atoms in total. The lowest BCUT2D eigenvalue weighted by Crippen LogP contribution is -2.51. The zero-order valence-corrected chi connectivity index (χ0v) is 15.7. The molecule has 0 radical (unpaired) electrons. The lowest BCUT2D eigenvalue weighted by atomic mass is 9.99. The summed E-state index contributed by atoms with van der Waals surface area (Å²) in [4.78, 5) is 40.4. The van der Waals surface area contributed by atoms with E-state index < -0.39 is 41.9 Å². The van der Waals surface area contributed by atoms with Crippen molar-refractivity contribution in [3.8, 4) is 11.4 Å². The summed E-state index contributed by atoms with van der Waals surface area (Å²) in [5.41, 5.74) is 11.1. The second-order valence-corrected chi connectivity index (χ2v) is 6.70. The van der Waals surface area contributed by atoms with Gasteiger partial charge < -0.3 is 16.8 Å². The molecule has 1 aromatic carbocycles. The highest BCUT2D eigenvalue weighted by molar-refractivity contribution is 5.93. The molecule has 29 heavy (non-hydrogen) atoms. The molecule has 0 aliphatic rings. The number of nitrogens with zero attached hydrogens (tertiary/aromatic N) is 2. The van der Waals surface area contributed by atoms with E-state index in [2.05, 4.69) is 4.98 Å². The number of rotatable bonds is 6. The van der Waals surface area contributed by atoms with Gasteiger partial charge in [-0.1, -0.05) is 13.8 Å². The minimum atomic E-state index is -5.10. The van der Waals surface area contributed by atoms with Gasteiger partial charge in [0.05, 0.1) is 12.2 Å². The van der Waals surface area contributed by atoms with Crippen molar-refractivity contribution in [2.45, 2.75) is 32.6 Å². The fourth-order valence-electron chi connectivity index (χ4n) is 2.59. The Labute approximate surface area is 163 Å². The van der Waals surface area contributed by atoms with E-state index in [1.165, 1.54) is 13.8 Å². The van der Waals surface area contributed by atoms with Crippen LogP contribution in [-0.2, 0) is 16.1 Å². The number of carbonyl (C=O) groups is 2. The van der Waals surface area contributed by atoms with E-state index >= 15 is 0 Å². The van der Waals surface area contributed by atoms with Gasteiger partial charge in [0.15, 0.2) is 0 Å². The van der Waals surface area contributed by atoms with Gasteiger partial charge in [0.25, 0.3) is 11.3 Å². The van der Waals surface area contributed by atoms with Gasteiger partial charge in [0.1, 0.15) is 18.1 Å². The largest absolute Gasteiger partial charge is 0.452 e. The third-order valence-electron chi connectivity index (χ3n) is 4.09. The van der Waals surface area contributed by atoms with Crippen LogP contribution in [0.3, 0.4) is 0 Å². The van der Waals surface area contributed by atoms with E-state index in [0.29, 0.717) is 11.3 Å². The number of alkyl halides is 3. The molecular formula is C18H20F3N5O3. The molecule has 0 saturated heterocycles. The molecule has 5 N–H and O–H groups in total. The molecule has 1 unspecified atom stereocenters. The first-order valence-corrected chi connectivity index (χ1v) is 8.53. The van der Waals surface area contributed by atoms with E-state index in [9.17, 15) is 27.6 Å². The van der Waals surface area contributed by atoms with Gasteiger partial charge in [0.2, 0.25) is 5.91 Å². The SMILES string of the molecule is CC(C)C(NC(=O)Cn1c(-c2ccc(N)cc2)ncc(N)c1=O)C(=O)C(F)(F)F. The summed E-state index contributed by atoms with van der Waals surface area (Å²) in [5.74, 6) is -3.78. The quantitative estimate of drug-likeness (QED) is 0.615. The second-order valence-electron chi connectivity index (χ2n) is 6.70. The van der Waals surface area contributed by atoms with Crippen molar-refractivity contribution in [1.29, 1.82) is 0 Å². The zero-order chi connectivity index (χ0) is 21.9. The highest BCUT2D eigenvalue weighted by Gasteiger charge is 2.45. The van der Waals surface area contributed by atoms with Crippen molar-refractivity contribution in [1.82, 2.24) is 14.9 Å². The molecule has 0 fully saturated rings. The predicted molar refractivity (Wildman–Crippen MR) is 101 cm³/mol. The Kier molecular flexibility index (Phi) is 6.30. The minimum absolute atomic E-state index is 0.0718. The van der Waals surface area contributed by atoms with E-state index in [-0.39, 0.29) is 11.5 Å². The monoisotopic (exact) mass is 411 g/mol. The summed E-state index contributed by atoms with van der Waals surface area (Å²) in [5, 5.41) is 2.05. The highest BCUT2D eigenvalue weighted by atomic mass is 19.4. The average molecular weight is 411 g/mol. The van der Waals surface area contributed by atoms with Crippen molar-refractivity contribution < 1.29 is 22.8 Å². The van der Waals surface area contributed by atoms with E-state index in [0.717, 1.165) is 10.8 Å². The van der Waals surface area contributed by atoms with Crippen molar-refractivity contribution in [2.75, 3.05) is 11.5 Å². The zero-order valence-electron chi connectivity index (χ0n) is 15.7. The standard InChI is InChI=1S/C18H20F3N5O3/c1-9(2)14(15(28)18(19,20)21)25-13(27)8-26-16(24-7-12(23)17(26)29)10-3-5-11(22)6-4-10/h3-7,9,14H,8,22-23H2,1-2H3,(H,25,27). The molecule has 0 aliphatic heterocycles.